The lowest BCUT2D eigenvalue weighted by atomic mass is 10.2. The van der Waals surface area contributed by atoms with Crippen LogP contribution in [0.2, 0.25) is 0 Å². The Morgan fingerprint density at radius 2 is 1.68 bits per heavy atom. The monoisotopic (exact) mass is 484 g/mol. The average molecular weight is 485 g/mol. The van der Waals surface area contributed by atoms with E-state index in [2.05, 4.69) is 4.72 Å². The number of halogens is 1. The topological polar surface area (TPSA) is 84.9 Å². The summed E-state index contributed by atoms with van der Waals surface area (Å²) in [4.78, 5) is 13.9. The van der Waals surface area contributed by atoms with Crippen molar-refractivity contribution in [1.82, 2.24) is 4.90 Å². The van der Waals surface area contributed by atoms with Crippen molar-refractivity contribution < 1.29 is 27.1 Å². The number of hydrogen-bond acceptors (Lipinski definition) is 5. The molecular weight excluding hydrogens is 459 g/mol. The molecular formula is C25H25FN2O5S. The van der Waals surface area contributed by atoms with E-state index < -0.39 is 15.8 Å². The summed E-state index contributed by atoms with van der Waals surface area (Å²) in [6.07, 6.45) is 2.96. The molecule has 7 nitrogen and oxygen atoms in total. The van der Waals surface area contributed by atoms with Crippen LogP contribution < -0.4 is 14.2 Å². The number of benzene rings is 3. The largest absolute Gasteiger partial charge is 0.497 e. The normalized spacial score (nSPS) is 11.3. The number of sulfonamides is 1. The molecule has 34 heavy (non-hydrogen) atoms. The minimum atomic E-state index is -3.77. The Morgan fingerprint density at radius 3 is 2.26 bits per heavy atom. The van der Waals surface area contributed by atoms with Gasteiger partial charge in [-0.3, -0.25) is 9.52 Å². The molecule has 0 atom stereocenters. The maximum atomic E-state index is 13.8. The van der Waals surface area contributed by atoms with Crippen molar-refractivity contribution in [1.29, 1.82) is 0 Å². The molecule has 0 saturated carbocycles. The summed E-state index contributed by atoms with van der Waals surface area (Å²) in [6.45, 7) is 0.221. The average Bonchev–Trinajstić information content (AvgIpc) is 2.83. The zero-order chi connectivity index (χ0) is 24.7. The molecule has 1 amide bonds. The highest BCUT2D eigenvalue weighted by Crippen LogP contribution is 2.21. The number of carbonyl (C=O) groups excluding carboxylic acids is 1. The summed E-state index contributed by atoms with van der Waals surface area (Å²) in [5, 5.41) is 0. The third-order valence-corrected chi connectivity index (χ3v) is 6.36. The fourth-order valence-electron chi connectivity index (χ4n) is 3.09. The molecule has 0 radical (unpaired) electrons. The number of rotatable bonds is 9. The molecule has 0 spiro atoms. The second-order valence-corrected chi connectivity index (χ2v) is 9.08. The molecule has 1 N–H and O–H groups in total. The van der Waals surface area contributed by atoms with Gasteiger partial charge in [0.15, 0.2) is 11.6 Å². The Balaban J connectivity index is 1.61. The predicted molar refractivity (Wildman–Crippen MR) is 129 cm³/mol. The Labute approximate surface area is 198 Å². The smallest absolute Gasteiger partial charge is 0.261 e. The lowest BCUT2D eigenvalue weighted by Crippen LogP contribution is -2.24. The molecule has 178 valence electrons. The third kappa shape index (κ3) is 6.35. The van der Waals surface area contributed by atoms with Gasteiger partial charge in [0.05, 0.1) is 19.1 Å². The Hall–Kier alpha value is -3.85. The van der Waals surface area contributed by atoms with E-state index in [4.69, 9.17) is 9.47 Å². The second-order valence-electron chi connectivity index (χ2n) is 7.40. The van der Waals surface area contributed by atoms with E-state index in [1.165, 1.54) is 49.5 Å². The van der Waals surface area contributed by atoms with E-state index in [-0.39, 0.29) is 23.1 Å². The number of carbonyl (C=O) groups is 1. The van der Waals surface area contributed by atoms with Gasteiger partial charge in [-0.05, 0) is 65.7 Å². The first kappa shape index (κ1) is 24.8. The lowest BCUT2D eigenvalue weighted by Gasteiger charge is -2.15. The Morgan fingerprint density at radius 1 is 1.00 bits per heavy atom. The highest BCUT2D eigenvalue weighted by Gasteiger charge is 2.14. The van der Waals surface area contributed by atoms with Crippen LogP contribution in [-0.2, 0) is 21.4 Å². The van der Waals surface area contributed by atoms with Crippen molar-refractivity contribution in [3.05, 3.63) is 89.8 Å². The van der Waals surface area contributed by atoms with Crippen molar-refractivity contribution in [3.8, 4) is 11.5 Å². The first-order chi connectivity index (χ1) is 16.2. The molecule has 3 aromatic rings. The second kappa shape index (κ2) is 10.8. The minimum Gasteiger partial charge on any atom is -0.497 e. The van der Waals surface area contributed by atoms with Crippen molar-refractivity contribution in [2.45, 2.75) is 11.4 Å². The van der Waals surface area contributed by atoms with Gasteiger partial charge in [-0.1, -0.05) is 18.2 Å². The van der Waals surface area contributed by atoms with E-state index >= 15 is 0 Å². The molecule has 3 aromatic carbocycles. The van der Waals surface area contributed by atoms with Gasteiger partial charge >= 0.3 is 0 Å². The van der Waals surface area contributed by atoms with Crippen molar-refractivity contribution >= 4 is 27.7 Å². The van der Waals surface area contributed by atoms with Crippen LogP contribution in [0.3, 0.4) is 0 Å². The summed E-state index contributed by atoms with van der Waals surface area (Å²) in [5.41, 5.74) is 1.69. The molecule has 0 heterocycles. The molecule has 0 aliphatic heterocycles. The summed E-state index contributed by atoms with van der Waals surface area (Å²) in [7, 11) is 0.757. The van der Waals surface area contributed by atoms with Crippen LogP contribution >= 0.6 is 0 Å². The zero-order valence-electron chi connectivity index (χ0n) is 19.0. The molecule has 0 unspecified atom stereocenters. The van der Waals surface area contributed by atoms with Gasteiger partial charge in [-0.25, -0.2) is 12.8 Å². The standard InChI is InChI=1S/C25H25FN2O5S/c1-28(17-19-6-14-24(33-3)23(26)16-19)25(29)15-7-18-4-12-22(13-5-18)34(30,31)27-20-8-10-21(32-2)11-9-20/h4-16,27H,17H2,1-3H3/b15-7+. The van der Waals surface area contributed by atoms with Crippen molar-refractivity contribution in [2.75, 3.05) is 26.0 Å². The van der Waals surface area contributed by atoms with Crippen LogP contribution in [0, 0.1) is 5.82 Å². The van der Waals surface area contributed by atoms with Gasteiger partial charge in [0.1, 0.15) is 5.75 Å². The number of hydrogen-bond donors (Lipinski definition) is 1. The first-order valence-corrected chi connectivity index (χ1v) is 11.7. The Kier molecular flexibility index (Phi) is 7.91. The molecule has 0 fully saturated rings. The van der Waals surface area contributed by atoms with Crippen molar-refractivity contribution in [2.24, 2.45) is 0 Å². The van der Waals surface area contributed by atoms with Crippen LogP contribution in [0.1, 0.15) is 11.1 Å². The van der Waals surface area contributed by atoms with Crippen LogP contribution in [-0.4, -0.2) is 40.5 Å². The predicted octanol–water partition coefficient (Wildman–Crippen LogP) is 4.32. The third-order valence-electron chi connectivity index (χ3n) is 4.96. The van der Waals surface area contributed by atoms with Gasteiger partial charge in [0.2, 0.25) is 5.91 Å². The number of nitrogens with zero attached hydrogens (tertiary/aromatic N) is 1. The van der Waals surface area contributed by atoms with E-state index in [0.717, 1.165) is 0 Å². The van der Waals surface area contributed by atoms with Crippen LogP contribution in [0.5, 0.6) is 11.5 Å². The van der Waals surface area contributed by atoms with Crippen LogP contribution in [0.25, 0.3) is 6.08 Å². The van der Waals surface area contributed by atoms with Gasteiger partial charge in [-0.15, -0.1) is 0 Å². The molecule has 0 saturated heterocycles. The number of likely N-dealkylation sites (N-methyl/N-ethyl adjacent to an activating group) is 1. The van der Waals surface area contributed by atoms with Gasteiger partial charge in [0, 0.05) is 25.4 Å². The summed E-state index contributed by atoms with van der Waals surface area (Å²) < 4.78 is 51.5. The molecule has 3 rings (SSSR count). The molecule has 9 heteroatoms. The number of nitrogens with one attached hydrogen (secondary N) is 1. The SMILES string of the molecule is COc1ccc(NS(=O)(=O)c2ccc(/C=C/C(=O)N(C)Cc3ccc(OC)c(F)c3)cc2)cc1. The van der Waals surface area contributed by atoms with E-state index in [1.54, 1.807) is 55.6 Å². The lowest BCUT2D eigenvalue weighted by molar-refractivity contribution is -0.125. The fourth-order valence-corrected chi connectivity index (χ4v) is 4.14. The molecule has 0 aliphatic carbocycles. The Bertz CT molecular complexity index is 1270. The van der Waals surface area contributed by atoms with Gasteiger partial charge < -0.3 is 14.4 Å². The van der Waals surface area contributed by atoms with Gasteiger partial charge in [-0.2, -0.15) is 0 Å². The van der Waals surface area contributed by atoms with Gasteiger partial charge in [0.25, 0.3) is 10.0 Å². The highest BCUT2D eigenvalue weighted by molar-refractivity contribution is 7.92. The zero-order valence-corrected chi connectivity index (χ0v) is 19.8. The number of anilines is 1. The highest BCUT2D eigenvalue weighted by atomic mass is 32.2. The maximum absolute atomic E-state index is 13.8. The summed E-state index contributed by atoms with van der Waals surface area (Å²) in [5.74, 6) is -0.0141. The number of amides is 1. The number of ether oxygens (including phenoxy) is 2. The maximum Gasteiger partial charge on any atom is 0.261 e. The number of methoxy groups -OCH3 is 2. The summed E-state index contributed by atoms with van der Waals surface area (Å²) >= 11 is 0. The van der Waals surface area contributed by atoms with E-state index in [1.807, 2.05) is 0 Å². The molecule has 0 aliphatic rings. The molecule has 0 bridgehead atoms. The van der Waals surface area contributed by atoms with E-state index in [0.29, 0.717) is 22.6 Å². The fraction of sp³-hybridized carbons (Fsp3) is 0.160. The quantitative estimate of drug-likeness (QED) is 0.458. The minimum absolute atomic E-state index is 0.0884. The van der Waals surface area contributed by atoms with Crippen LogP contribution in [0.15, 0.2) is 77.7 Å². The van der Waals surface area contributed by atoms with E-state index in [9.17, 15) is 17.6 Å². The molecule has 0 aromatic heterocycles. The van der Waals surface area contributed by atoms with Crippen molar-refractivity contribution in [3.63, 3.8) is 0 Å². The first-order valence-electron chi connectivity index (χ1n) is 10.2. The summed E-state index contributed by atoms with van der Waals surface area (Å²) in [6, 6.07) is 17.2. The van der Waals surface area contributed by atoms with Crippen LogP contribution in [0.4, 0.5) is 10.1 Å².